The van der Waals surface area contributed by atoms with E-state index in [1.165, 1.54) is 27.8 Å². The summed E-state index contributed by atoms with van der Waals surface area (Å²) in [6.45, 7) is 6.64. The third-order valence-corrected chi connectivity index (χ3v) is 6.69. The Morgan fingerprint density at radius 1 is 1.11 bits per heavy atom. The molecule has 2 heteroatoms. The predicted molar refractivity (Wildman–Crippen MR) is 109 cm³/mol. The zero-order chi connectivity index (χ0) is 18.8. The number of aromatic hydroxyl groups is 1. The number of rotatable bonds is 1. The van der Waals surface area contributed by atoms with Crippen LogP contribution in [-0.2, 0) is 11.8 Å². The van der Waals surface area contributed by atoms with Gasteiger partial charge in [-0.1, -0.05) is 55.8 Å². The van der Waals surface area contributed by atoms with Gasteiger partial charge in [0.25, 0.3) is 0 Å². The van der Waals surface area contributed by atoms with Gasteiger partial charge in [-0.25, -0.2) is 0 Å². The summed E-state index contributed by atoms with van der Waals surface area (Å²) in [5.41, 5.74) is 6.70. The lowest BCUT2D eigenvalue weighted by Gasteiger charge is -2.47. The lowest BCUT2D eigenvalue weighted by Crippen LogP contribution is -2.47. The quantitative estimate of drug-likeness (QED) is 0.715. The van der Waals surface area contributed by atoms with E-state index in [1.54, 1.807) is 12.1 Å². The highest BCUT2D eigenvalue weighted by molar-refractivity contribution is 5.59. The van der Waals surface area contributed by atoms with Gasteiger partial charge in [0.15, 0.2) is 0 Å². The molecule has 0 saturated heterocycles. The van der Waals surface area contributed by atoms with Crippen molar-refractivity contribution in [2.75, 3.05) is 0 Å². The summed E-state index contributed by atoms with van der Waals surface area (Å²) in [6, 6.07) is 12.7. The van der Waals surface area contributed by atoms with Crippen molar-refractivity contribution in [1.82, 2.24) is 0 Å². The van der Waals surface area contributed by atoms with Crippen LogP contribution in [0.3, 0.4) is 0 Å². The van der Waals surface area contributed by atoms with Gasteiger partial charge >= 0.3 is 0 Å². The largest absolute Gasteiger partial charge is 0.508 e. The summed E-state index contributed by atoms with van der Waals surface area (Å²) in [7, 11) is 0. The molecule has 1 heterocycles. The van der Waals surface area contributed by atoms with Gasteiger partial charge in [0, 0.05) is 23.0 Å². The van der Waals surface area contributed by atoms with Crippen molar-refractivity contribution < 1.29 is 9.84 Å². The SMILES string of the molecule is CC1=CC2Oc3cc(O)ccc3C3(CCc4cc(C(C)C)ccc43)C2C=C1. The smallest absolute Gasteiger partial charge is 0.128 e. The van der Waals surface area contributed by atoms with Gasteiger partial charge < -0.3 is 9.84 Å². The van der Waals surface area contributed by atoms with Gasteiger partial charge in [-0.15, -0.1) is 0 Å². The topological polar surface area (TPSA) is 29.5 Å². The number of aryl methyl sites for hydroxylation is 1. The van der Waals surface area contributed by atoms with Crippen LogP contribution in [0.15, 0.2) is 60.2 Å². The summed E-state index contributed by atoms with van der Waals surface area (Å²) < 4.78 is 6.36. The van der Waals surface area contributed by atoms with Gasteiger partial charge in [-0.2, -0.15) is 0 Å². The molecule has 3 aliphatic rings. The molecule has 2 aliphatic carbocycles. The van der Waals surface area contributed by atoms with Crippen molar-refractivity contribution in [2.45, 2.75) is 51.0 Å². The molecule has 0 fully saturated rings. The Morgan fingerprint density at radius 3 is 2.74 bits per heavy atom. The summed E-state index contributed by atoms with van der Waals surface area (Å²) in [4.78, 5) is 0. The molecule has 0 amide bonds. The molecule has 2 nitrogen and oxygen atoms in total. The van der Waals surface area contributed by atoms with Gasteiger partial charge in [0.2, 0.25) is 0 Å². The Hall–Kier alpha value is -2.48. The van der Waals surface area contributed by atoms with E-state index in [2.05, 4.69) is 63.3 Å². The van der Waals surface area contributed by atoms with E-state index in [4.69, 9.17) is 4.74 Å². The molecule has 3 atom stereocenters. The second kappa shape index (κ2) is 5.76. The Labute approximate surface area is 161 Å². The minimum absolute atomic E-state index is 0.0139. The highest BCUT2D eigenvalue weighted by Gasteiger charge is 2.53. The van der Waals surface area contributed by atoms with Crippen molar-refractivity contribution >= 4 is 0 Å². The molecule has 3 unspecified atom stereocenters. The zero-order valence-corrected chi connectivity index (χ0v) is 16.2. The number of phenolic OH excluding ortho intramolecular Hbond substituents is 1. The fourth-order valence-corrected chi connectivity index (χ4v) is 5.35. The number of hydrogen-bond donors (Lipinski definition) is 1. The first-order chi connectivity index (χ1) is 13.0. The Balaban J connectivity index is 1.75. The van der Waals surface area contributed by atoms with E-state index in [1.807, 2.05) is 0 Å². The van der Waals surface area contributed by atoms with Crippen LogP contribution in [0.1, 0.15) is 55.4 Å². The number of ether oxygens (including phenoxy) is 1. The van der Waals surface area contributed by atoms with E-state index in [-0.39, 0.29) is 23.2 Å². The van der Waals surface area contributed by atoms with Crippen molar-refractivity contribution in [2.24, 2.45) is 5.92 Å². The molecule has 0 bridgehead atoms. The van der Waals surface area contributed by atoms with E-state index in [0.29, 0.717) is 5.92 Å². The molecule has 1 N–H and O–H groups in total. The van der Waals surface area contributed by atoms with Crippen LogP contribution >= 0.6 is 0 Å². The molecule has 0 aromatic heterocycles. The average Bonchev–Trinajstić information content (AvgIpc) is 3.00. The van der Waals surface area contributed by atoms with Gasteiger partial charge in [-0.05, 0) is 54.5 Å². The van der Waals surface area contributed by atoms with Crippen LogP contribution in [-0.4, -0.2) is 11.2 Å². The Kier molecular flexibility index (Phi) is 3.56. The molecule has 0 saturated carbocycles. The van der Waals surface area contributed by atoms with E-state index in [0.717, 1.165) is 18.6 Å². The fraction of sp³-hybridized carbons (Fsp3) is 0.360. The minimum atomic E-state index is -0.0789. The number of benzene rings is 2. The highest BCUT2D eigenvalue weighted by atomic mass is 16.5. The molecule has 2 aromatic rings. The van der Waals surface area contributed by atoms with Crippen LogP contribution < -0.4 is 4.74 Å². The third-order valence-electron chi connectivity index (χ3n) is 6.69. The van der Waals surface area contributed by atoms with Gasteiger partial charge in [-0.3, -0.25) is 0 Å². The molecular formula is C25H26O2. The minimum Gasteiger partial charge on any atom is -0.508 e. The Morgan fingerprint density at radius 2 is 1.93 bits per heavy atom. The Bertz CT molecular complexity index is 982. The van der Waals surface area contributed by atoms with Gasteiger partial charge in [0.1, 0.15) is 17.6 Å². The standard InChI is InChI=1S/C25H26O2/c1-15(2)17-5-8-20-18(13-17)10-11-25(20)21-7-4-16(3)12-23(21)27-24-14-19(26)6-9-22(24)25/h4-9,12-15,21,23,26H,10-11H2,1-3H3. The molecule has 1 aliphatic heterocycles. The van der Waals surface area contributed by atoms with Crippen LogP contribution in [0.4, 0.5) is 0 Å². The molecule has 5 rings (SSSR count). The maximum atomic E-state index is 10.1. The summed E-state index contributed by atoms with van der Waals surface area (Å²) in [5, 5.41) is 10.1. The van der Waals surface area contributed by atoms with Crippen LogP contribution in [0.2, 0.25) is 0 Å². The molecule has 138 valence electrons. The highest BCUT2D eigenvalue weighted by Crippen LogP contribution is 2.57. The van der Waals surface area contributed by atoms with Crippen LogP contribution in [0.5, 0.6) is 11.5 Å². The fourth-order valence-electron chi connectivity index (χ4n) is 5.35. The maximum absolute atomic E-state index is 10.1. The molecular weight excluding hydrogens is 332 g/mol. The number of hydrogen-bond acceptors (Lipinski definition) is 2. The van der Waals surface area contributed by atoms with E-state index in [9.17, 15) is 5.11 Å². The third kappa shape index (κ3) is 2.32. The summed E-state index contributed by atoms with van der Waals surface area (Å²) >= 11 is 0. The molecule has 0 radical (unpaired) electrons. The zero-order valence-electron chi connectivity index (χ0n) is 16.2. The van der Waals surface area contributed by atoms with E-state index < -0.39 is 0 Å². The molecule has 2 aromatic carbocycles. The normalized spacial score (nSPS) is 27.8. The lowest BCUT2D eigenvalue weighted by atomic mass is 9.61. The van der Waals surface area contributed by atoms with Crippen molar-refractivity contribution in [3.63, 3.8) is 0 Å². The van der Waals surface area contributed by atoms with Crippen molar-refractivity contribution in [3.05, 3.63) is 82.5 Å². The first-order valence-corrected chi connectivity index (χ1v) is 9.99. The number of phenols is 1. The average molecular weight is 358 g/mol. The van der Waals surface area contributed by atoms with E-state index >= 15 is 0 Å². The molecule has 1 spiro atoms. The number of allylic oxidation sites excluding steroid dienone is 2. The second-order valence-electron chi connectivity index (χ2n) is 8.60. The second-order valence-corrected chi connectivity index (χ2v) is 8.60. The maximum Gasteiger partial charge on any atom is 0.128 e. The first-order valence-electron chi connectivity index (χ1n) is 9.99. The summed E-state index contributed by atoms with van der Waals surface area (Å²) in [5.74, 6) is 1.92. The van der Waals surface area contributed by atoms with Crippen molar-refractivity contribution in [3.8, 4) is 11.5 Å². The molecule has 27 heavy (non-hydrogen) atoms. The van der Waals surface area contributed by atoms with Crippen molar-refractivity contribution in [1.29, 1.82) is 0 Å². The van der Waals surface area contributed by atoms with Gasteiger partial charge in [0.05, 0.1) is 0 Å². The summed E-state index contributed by atoms with van der Waals surface area (Å²) in [6.07, 6.45) is 9.01. The van der Waals surface area contributed by atoms with Crippen LogP contribution in [0, 0.1) is 5.92 Å². The number of fused-ring (bicyclic) bond motifs is 6. The van der Waals surface area contributed by atoms with Crippen LogP contribution in [0.25, 0.3) is 0 Å². The first kappa shape index (κ1) is 16.7. The lowest BCUT2D eigenvalue weighted by molar-refractivity contribution is 0.123. The predicted octanol–water partition coefficient (Wildman–Crippen LogP) is 5.64. The monoisotopic (exact) mass is 358 g/mol.